The Kier molecular flexibility index (Phi) is 6.63. The van der Waals surface area contributed by atoms with Gasteiger partial charge in [-0.15, -0.1) is 0 Å². The Balaban J connectivity index is 2.77. The zero-order valence-electron chi connectivity index (χ0n) is 14.5. The van der Waals surface area contributed by atoms with Crippen molar-refractivity contribution in [1.29, 1.82) is 0 Å². The molecular formula is C17H27BO4. The molecule has 22 heavy (non-hydrogen) atoms. The third-order valence-electron chi connectivity index (χ3n) is 4.02. The van der Waals surface area contributed by atoms with E-state index in [4.69, 9.17) is 9.31 Å². The average molecular weight is 306 g/mol. The molecule has 0 aromatic carbocycles. The second-order valence-corrected chi connectivity index (χ2v) is 6.36. The second-order valence-electron chi connectivity index (χ2n) is 6.36. The quantitative estimate of drug-likeness (QED) is 0.325. The molecule has 1 heterocycles. The molecule has 0 bridgehead atoms. The molecule has 0 radical (unpaired) electrons. The lowest BCUT2D eigenvalue weighted by Crippen LogP contribution is -2.41. The summed E-state index contributed by atoms with van der Waals surface area (Å²) >= 11 is 0. The van der Waals surface area contributed by atoms with Crippen LogP contribution in [-0.2, 0) is 18.8 Å². The maximum atomic E-state index is 11.0. The molecule has 1 aliphatic rings. The van der Waals surface area contributed by atoms with Crippen LogP contribution >= 0.6 is 0 Å². The van der Waals surface area contributed by atoms with Gasteiger partial charge in [-0.3, -0.25) is 0 Å². The van der Waals surface area contributed by atoms with Crippen molar-refractivity contribution in [1.82, 2.24) is 0 Å². The van der Waals surface area contributed by atoms with Crippen LogP contribution in [0.25, 0.3) is 0 Å². The number of allylic oxidation sites excluding steroid dienone is 4. The maximum Gasteiger partial charge on any atom is 0.487 e. The number of carbonyl (C=O) groups excluding carboxylic acids is 1. The van der Waals surface area contributed by atoms with Crippen LogP contribution in [-0.4, -0.2) is 31.4 Å². The Morgan fingerprint density at radius 1 is 1.09 bits per heavy atom. The Hall–Kier alpha value is -1.33. The van der Waals surface area contributed by atoms with Crippen LogP contribution in [0.2, 0.25) is 0 Å². The minimum Gasteiger partial charge on any atom is -0.466 e. The monoisotopic (exact) mass is 306 g/mol. The molecule has 0 amide bonds. The van der Waals surface area contributed by atoms with Gasteiger partial charge in [-0.05, 0) is 34.1 Å². The summed E-state index contributed by atoms with van der Waals surface area (Å²) in [7, 11) is 1.01. The Morgan fingerprint density at radius 2 is 1.64 bits per heavy atom. The van der Waals surface area contributed by atoms with E-state index >= 15 is 0 Å². The Labute approximate surface area is 134 Å². The van der Waals surface area contributed by atoms with Gasteiger partial charge in [0.25, 0.3) is 0 Å². The van der Waals surface area contributed by atoms with Crippen LogP contribution < -0.4 is 0 Å². The molecular weight excluding hydrogens is 279 g/mol. The van der Waals surface area contributed by atoms with E-state index in [1.165, 1.54) is 13.2 Å². The van der Waals surface area contributed by atoms with Crippen LogP contribution in [0.1, 0.15) is 47.5 Å². The van der Waals surface area contributed by atoms with Crippen molar-refractivity contribution in [2.45, 2.75) is 58.7 Å². The maximum absolute atomic E-state index is 11.0. The molecule has 5 heteroatoms. The van der Waals surface area contributed by atoms with Gasteiger partial charge in [0.1, 0.15) is 0 Å². The first-order valence-electron chi connectivity index (χ1n) is 7.71. The highest BCUT2D eigenvalue weighted by atomic mass is 16.7. The van der Waals surface area contributed by atoms with E-state index in [0.717, 1.165) is 18.4 Å². The summed E-state index contributed by atoms with van der Waals surface area (Å²) in [6.45, 7) is 10.3. The summed E-state index contributed by atoms with van der Waals surface area (Å²) in [5, 5.41) is 0. The van der Waals surface area contributed by atoms with E-state index in [2.05, 4.69) is 11.7 Å². The fraction of sp³-hybridized carbons (Fsp3) is 0.588. The lowest BCUT2D eigenvalue weighted by molar-refractivity contribution is -0.134. The average Bonchev–Trinajstić information content (AvgIpc) is 2.62. The number of hydrogen-bond donors (Lipinski definition) is 0. The van der Waals surface area contributed by atoms with Gasteiger partial charge in [-0.1, -0.05) is 43.1 Å². The van der Waals surface area contributed by atoms with Gasteiger partial charge in [-0.2, -0.15) is 0 Å². The van der Waals surface area contributed by atoms with Gasteiger partial charge in [0.15, 0.2) is 0 Å². The number of carbonyl (C=O) groups is 1. The van der Waals surface area contributed by atoms with Crippen molar-refractivity contribution in [3.05, 3.63) is 35.9 Å². The lowest BCUT2D eigenvalue weighted by Gasteiger charge is -2.32. The summed E-state index contributed by atoms with van der Waals surface area (Å²) in [5.74, 6) is 1.64. The summed E-state index contributed by atoms with van der Waals surface area (Å²) in [6.07, 6.45) is 8.79. The fourth-order valence-electron chi connectivity index (χ4n) is 2.02. The van der Waals surface area contributed by atoms with Crippen molar-refractivity contribution in [2.75, 3.05) is 7.11 Å². The molecule has 0 aromatic heterocycles. The van der Waals surface area contributed by atoms with E-state index in [1.807, 2.05) is 45.8 Å². The van der Waals surface area contributed by atoms with Gasteiger partial charge >= 0.3 is 13.1 Å². The first-order valence-corrected chi connectivity index (χ1v) is 7.71. The van der Waals surface area contributed by atoms with Crippen molar-refractivity contribution in [3.63, 3.8) is 0 Å². The summed E-state index contributed by atoms with van der Waals surface area (Å²) in [6, 6.07) is 0. The first-order chi connectivity index (χ1) is 10.2. The third-order valence-corrected chi connectivity index (χ3v) is 4.02. The van der Waals surface area contributed by atoms with E-state index in [9.17, 15) is 4.79 Å². The molecule has 4 nitrogen and oxygen atoms in total. The van der Waals surface area contributed by atoms with E-state index < -0.39 is 0 Å². The standard InChI is InChI=1S/C17H27BO4/c1-7-10-14(11-8-9-12-15(19)20-6)13-18-21-16(2,3)17(4,5)22-18/h8-9,11-13H,7,10H2,1-6H3/b11-8+,12-9+,14-13+. The third kappa shape index (κ3) is 5.14. The molecule has 1 saturated heterocycles. The van der Waals surface area contributed by atoms with Crippen LogP contribution in [0.3, 0.4) is 0 Å². The minimum absolute atomic E-state index is 0.333. The molecule has 0 N–H and O–H groups in total. The van der Waals surface area contributed by atoms with Gasteiger partial charge in [0, 0.05) is 6.08 Å². The molecule has 0 saturated carbocycles. The summed E-state index contributed by atoms with van der Waals surface area (Å²) in [5.41, 5.74) is 0.454. The van der Waals surface area contributed by atoms with Crippen LogP contribution in [0.15, 0.2) is 35.9 Å². The molecule has 0 atom stereocenters. The number of rotatable bonds is 6. The van der Waals surface area contributed by atoms with Crippen molar-refractivity contribution >= 4 is 13.1 Å². The Morgan fingerprint density at radius 3 is 2.14 bits per heavy atom. The van der Waals surface area contributed by atoms with E-state index in [-0.39, 0.29) is 24.3 Å². The molecule has 0 spiro atoms. The summed E-state index contributed by atoms with van der Waals surface area (Å²) in [4.78, 5) is 11.0. The number of methoxy groups -OCH3 is 1. The highest BCUT2D eigenvalue weighted by molar-refractivity contribution is 6.51. The molecule has 0 aliphatic carbocycles. The zero-order chi connectivity index (χ0) is 16.8. The van der Waals surface area contributed by atoms with Gasteiger partial charge in [-0.25, -0.2) is 4.79 Å². The normalized spacial score (nSPS) is 21.0. The molecule has 1 rings (SSSR count). The van der Waals surface area contributed by atoms with Gasteiger partial charge < -0.3 is 14.0 Å². The van der Waals surface area contributed by atoms with Crippen LogP contribution in [0.4, 0.5) is 0 Å². The summed E-state index contributed by atoms with van der Waals surface area (Å²) < 4.78 is 16.5. The molecule has 0 unspecified atom stereocenters. The number of ether oxygens (including phenoxy) is 1. The van der Waals surface area contributed by atoms with Crippen LogP contribution in [0.5, 0.6) is 0 Å². The first kappa shape index (κ1) is 18.7. The number of hydrogen-bond acceptors (Lipinski definition) is 4. The van der Waals surface area contributed by atoms with E-state index in [0.29, 0.717) is 0 Å². The van der Waals surface area contributed by atoms with Crippen molar-refractivity contribution in [2.24, 2.45) is 0 Å². The SMILES string of the molecule is CCCC(/C=C/C=C/C(=O)OC)=C\B1OC(C)(C)C(C)(C)O1. The van der Waals surface area contributed by atoms with Gasteiger partial charge in [0.2, 0.25) is 0 Å². The molecule has 1 fully saturated rings. The molecule has 122 valence electrons. The van der Waals surface area contributed by atoms with Gasteiger partial charge in [0.05, 0.1) is 18.3 Å². The highest BCUT2D eigenvalue weighted by Crippen LogP contribution is 2.37. The zero-order valence-corrected chi connectivity index (χ0v) is 14.5. The van der Waals surface area contributed by atoms with E-state index in [1.54, 1.807) is 6.08 Å². The predicted molar refractivity (Wildman–Crippen MR) is 89.4 cm³/mol. The smallest absolute Gasteiger partial charge is 0.466 e. The number of esters is 1. The highest BCUT2D eigenvalue weighted by Gasteiger charge is 2.50. The van der Waals surface area contributed by atoms with Crippen molar-refractivity contribution in [3.8, 4) is 0 Å². The fourth-order valence-corrected chi connectivity index (χ4v) is 2.02. The van der Waals surface area contributed by atoms with Crippen molar-refractivity contribution < 1.29 is 18.8 Å². The second kappa shape index (κ2) is 7.79. The topological polar surface area (TPSA) is 44.8 Å². The Bertz CT molecular complexity index is 459. The molecule has 1 aliphatic heterocycles. The predicted octanol–water partition coefficient (Wildman–Crippen LogP) is 3.63. The minimum atomic E-state index is -0.364. The lowest BCUT2D eigenvalue weighted by atomic mass is 9.85. The van der Waals surface area contributed by atoms with Crippen LogP contribution in [0, 0.1) is 0 Å². The largest absolute Gasteiger partial charge is 0.487 e. The molecule has 0 aromatic rings.